The molecule has 15 heavy (non-hydrogen) atoms. The highest BCUT2D eigenvalue weighted by atomic mass is 16.7. The third-order valence-corrected chi connectivity index (χ3v) is 1.93. The number of rotatable bonds is 8. The number of nitrogens with one attached hydrogen (secondary N) is 2. The van der Waals surface area contributed by atoms with E-state index in [9.17, 15) is 9.59 Å². The normalized spacial score (nSPS) is 9.73. The van der Waals surface area contributed by atoms with Gasteiger partial charge in [0, 0.05) is 13.5 Å². The molecule has 0 rings (SSSR count). The molecule has 5 nitrogen and oxygen atoms in total. The van der Waals surface area contributed by atoms with Crippen LogP contribution in [0.2, 0.25) is 0 Å². The minimum absolute atomic E-state index is 0.142. The van der Waals surface area contributed by atoms with Gasteiger partial charge in [-0.1, -0.05) is 26.2 Å². The van der Waals surface area contributed by atoms with Crippen molar-refractivity contribution in [2.75, 3.05) is 13.7 Å². The zero-order valence-electron chi connectivity index (χ0n) is 9.47. The SMILES string of the molecule is CCCCCCC(=O)NOCC(=O)NC. The number of hydrogen-bond acceptors (Lipinski definition) is 3. The molecule has 0 fully saturated rings. The number of unbranched alkanes of at least 4 members (excludes halogenated alkanes) is 3. The monoisotopic (exact) mass is 216 g/mol. The lowest BCUT2D eigenvalue weighted by molar-refractivity contribution is -0.139. The summed E-state index contributed by atoms with van der Waals surface area (Å²) >= 11 is 0. The van der Waals surface area contributed by atoms with Crippen LogP contribution in [0.5, 0.6) is 0 Å². The van der Waals surface area contributed by atoms with Crippen LogP contribution in [-0.2, 0) is 14.4 Å². The third-order valence-electron chi connectivity index (χ3n) is 1.93. The molecule has 0 aromatic carbocycles. The van der Waals surface area contributed by atoms with E-state index in [1.165, 1.54) is 7.05 Å². The van der Waals surface area contributed by atoms with Crippen LogP contribution in [0.1, 0.15) is 39.0 Å². The van der Waals surface area contributed by atoms with Crippen molar-refractivity contribution in [3.63, 3.8) is 0 Å². The topological polar surface area (TPSA) is 67.4 Å². The standard InChI is InChI=1S/C10H20N2O3/c1-3-4-5-6-7-9(13)12-15-8-10(14)11-2/h3-8H2,1-2H3,(H,11,14)(H,12,13). The largest absolute Gasteiger partial charge is 0.357 e. The van der Waals surface area contributed by atoms with Crippen molar-refractivity contribution in [2.24, 2.45) is 0 Å². The van der Waals surface area contributed by atoms with Crippen LogP contribution < -0.4 is 10.8 Å². The number of hydroxylamine groups is 1. The summed E-state index contributed by atoms with van der Waals surface area (Å²) in [6.07, 6.45) is 4.66. The van der Waals surface area contributed by atoms with E-state index >= 15 is 0 Å². The molecule has 0 aliphatic rings. The van der Waals surface area contributed by atoms with Gasteiger partial charge in [-0.3, -0.25) is 14.4 Å². The van der Waals surface area contributed by atoms with Crippen LogP contribution in [0.15, 0.2) is 0 Å². The summed E-state index contributed by atoms with van der Waals surface area (Å²) in [5, 5.41) is 2.38. The average molecular weight is 216 g/mol. The molecular weight excluding hydrogens is 196 g/mol. The molecule has 2 amide bonds. The lowest BCUT2D eigenvalue weighted by atomic mass is 10.1. The van der Waals surface area contributed by atoms with Crippen molar-refractivity contribution in [1.82, 2.24) is 10.8 Å². The highest BCUT2D eigenvalue weighted by Crippen LogP contribution is 2.01. The van der Waals surface area contributed by atoms with E-state index in [2.05, 4.69) is 17.7 Å². The molecule has 0 unspecified atom stereocenters. The average Bonchev–Trinajstić information content (AvgIpc) is 2.24. The minimum Gasteiger partial charge on any atom is -0.357 e. The second kappa shape index (κ2) is 9.45. The Bertz CT molecular complexity index is 195. The van der Waals surface area contributed by atoms with Gasteiger partial charge < -0.3 is 5.32 Å². The second-order valence-electron chi connectivity index (χ2n) is 3.30. The third kappa shape index (κ3) is 9.21. The zero-order valence-corrected chi connectivity index (χ0v) is 9.47. The number of likely N-dealkylation sites (N-methyl/N-ethyl adjacent to an activating group) is 1. The lowest BCUT2D eigenvalue weighted by Crippen LogP contribution is -2.30. The molecule has 2 N–H and O–H groups in total. The van der Waals surface area contributed by atoms with Gasteiger partial charge >= 0.3 is 0 Å². The Morgan fingerprint density at radius 3 is 2.47 bits per heavy atom. The van der Waals surface area contributed by atoms with Crippen LogP contribution in [0.4, 0.5) is 0 Å². The molecule has 0 aromatic rings. The molecule has 0 spiro atoms. The summed E-state index contributed by atoms with van der Waals surface area (Å²) in [6, 6.07) is 0. The summed E-state index contributed by atoms with van der Waals surface area (Å²) in [5.41, 5.74) is 2.23. The first-order chi connectivity index (χ1) is 7.20. The maximum atomic E-state index is 11.1. The molecule has 0 radical (unpaired) electrons. The van der Waals surface area contributed by atoms with Gasteiger partial charge in [-0.2, -0.15) is 0 Å². The molecule has 0 bridgehead atoms. The lowest BCUT2D eigenvalue weighted by Gasteiger charge is -2.04. The quantitative estimate of drug-likeness (QED) is 0.465. The van der Waals surface area contributed by atoms with Crippen LogP contribution in [0, 0.1) is 0 Å². The molecule has 5 heteroatoms. The van der Waals surface area contributed by atoms with Crippen molar-refractivity contribution in [3.8, 4) is 0 Å². The fourth-order valence-electron chi connectivity index (χ4n) is 1.02. The Hall–Kier alpha value is -1.10. The summed E-state index contributed by atoms with van der Waals surface area (Å²) < 4.78 is 0. The highest BCUT2D eigenvalue weighted by Gasteiger charge is 2.02. The van der Waals surface area contributed by atoms with Gasteiger partial charge in [0.15, 0.2) is 6.61 Å². The maximum absolute atomic E-state index is 11.1. The molecule has 0 aromatic heterocycles. The zero-order chi connectivity index (χ0) is 11.5. The molecule has 0 saturated heterocycles. The fourth-order valence-corrected chi connectivity index (χ4v) is 1.02. The summed E-state index contributed by atoms with van der Waals surface area (Å²) in [6.45, 7) is 1.98. The fraction of sp³-hybridized carbons (Fsp3) is 0.800. The second-order valence-corrected chi connectivity index (χ2v) is 3.30. The van der Waals surface area contributed by atoms with Crippen molar-refractivity contribution >= 4 is 11.8 Å². The first-order valence-corrected chi connectivity index (χ1v) is 5.32. The molecule has 0 aliphatic carbocycles. The van der Waals surface area contributed by atoms with Gasteiger partial charge in [-0.25, -0.2) is 5.48 Å². The Morgan fingerprint density at radius 2 is 1.87 bits per heavy atom. The highest BCUT2D eigenvalue weighted by molar-refractivity contribution is 5.77. The van der Waals surface area contributed by atoms with Crippen molar-refractivity contribution < 1.29 is 14.4 Å². The number of carbonyl (C=O) groups excluding carboxylic acids is 2. The van der Waals surface area contributed by atoms with Crippen LogP contribution in [0.3, 0.4) is 0 Å². The number of carbonyl (C=O) groups is 2. The van der Waals surface area contributed by atoms with Gasteiger partial charge in [0.1, 0.15) is 0 Å². The molecule has 0 atom stereocenters. The van der Waals surface area contributed by atoms with E-state index < -0.39 is 0 Å². The predicted octanol–water partition coefficient (Wildman–Crippen LogP) is 0.751. The van der Waals surface area contributed by atoms with E-state index in [0.29, 0.717) is 6.42 Å². The first-order valence-electron chi connectivity index (χ1n) is 5.32. The first kappa shape index (κ1) is 13.9. The molecule has 0 heterocycles. The van der Waals surface area contributed by atoms with Gasteiger partial charge in [-0.05, 0) is 6.42 Å². The van der Waals surface area contributed by atoms with Crippen molar-refractivity contribution in [2.45, 2.75) is 39.0 Å². The summed E-state index contributed by atoms with van der Waals surface area (Å²) in [4.78, 5) is 26.5. The maximum Gasteiger partial charge on any atom is 0.248 e. The Balaban J connectivity index is 3.29. The van der Waals surface area contributed by atoms with Gasteiger partial charge in [0.2, 0.25) is 11.8 Å². The van der Waals surface area contributed by atoms with Gasteiger partial charge in [0.05, 0.1) is 0 Å². The Kier molecular flexibility index (Phi) is 8.76. The Morgan fingerprint density at radius 1 is 1.13 bits per heavy atom. The van der Waals surface area contributed by atoms with Crippen molar-refractivity contribution in [1.29, 1.82) is 0 Å². The minimum atomic E-state index is -0.263. The smallest absolute Gasteiger partial charge is 0.248 e. The number of amides is 2. The Labute approximate surface area is 90.5 Å². The molecule has 88 valence electrons. The van der Waals surface area contributed by atoms with Crippen LogP contribution in [0.25, 0.3) is 0 Å². The van der Waals surface area contributed by atoms with Crippen molar-refractivity contribution in [3.05, 3.63) is 0 Å². The van der Waals surface area contributed by atoms with Gasteiger partial charge in [-0.15, -0.1) is 0 Å². The van der Waals surface area contributed by atoms with E-state index in [1.807, 2.05) is 0 Å². The van der Waals surface area contributed by atoms with E-state index in [1.54, 1.807) is 0 Å². The molecule has 0 aliphatic heterocycles. The van der Waals surface area contributed by atoms with Crippen LogP contribution >= 0.6 is 0 Å². The van der Waals surface area contributed by atoms with E-state index in [0.717, 1.165) is 25.7 Å². The molecular formula is C10H20N2O3. The summed E-state index contributed by atoms with van der Waals surface area (Å²) in [5.74, 6) is -0.434. The predicted molar refractivity (Wildman–Crippen MR) is 56.9 cm³/mol. The summed E-state index contributed by atoms with van der Waals surface area (Å²) in [7, 11) is 1.51. The van der Waals surface area contributed by atoms with E-state index in [4.69, 9.17) is 4.84 Å². The van der Waals surface area contributed by atoms with E-state index in [-0.39, 0.29) is 18.4 Å². The van der Waals surface area contributed by atoms with Gasteiger partial charge in [0.25, 0.3) is 0 Å². The number of hydrogen-bond donors (Lipinski definition) is 2. The molecule has 0 saturated carbocycles. The van der Waals surface area contributed by atoms with Crippen LogP contribution in [-0.4, -0.2) is 25.5 Å².